The SMILES string of the molecule is I.c1coc(CCNC(=NCC(c2cccs2)N2CCOCC2)NCC2CCCO2)c1. The van der Waals surface area contributed by atoms with Gasteiger partial charge in [0.05, 0.1) is 38.2 Å². The van der Waals surface area contributed by atoms with Crippen molar-refractivity contribution >= 4 is 41.3 Å². The van der Waals surface area contributed by atoms with Crippen LogP contribution in [0.4, 0.5) is 0 Å². The van der Waals surface area contributed by atoms with E-state index in [0.717, 1.165) is 77.0 Å². The number of hydrogen-bond donors (Lipinski definition) is 2. The summed E-state index contributed by atoms with van der Waals surface area (Å²) in [5.41, 5.74) is 0. The molecule has 31 heavy (non-hydrogen) atoms. The lowest BCUT2D eigenvalue weighted by molar-refractivity contribution is 0.0186. The van der Waals surface area contributed by atoms with Gasteiger partial charge in [0, 0.05) is 44.1 Å². The zero-order valence-electron chi connectivity index (χ0n) is 17.8. The monoisotopic (exact) mass is 560 g/mol. The number of hydrogen-bond acceptors (Lipinski definition) is 6. The molecule has 0 aliphatic carbocycles. The van der Waals surface area contributed by atoms with Crippen LogP contribution in [0, 0.1) is 0 Å². The quantitative estimate of drug-likeness (QED) is 0.279. The molecule has 2 aromatic heterocycles. The molecule has 2 aliphatic rings. The lowest BCUT2D eigenvalue weighted by atomic mass is 10.2. The largest absolute Gasteiger partial charge is 0.469 e. The number of aliphatic imine (C=N–C) groups is 1. The molecule has 2 saturated heterocycles. The topological polar surface area (TPSA) is 71.3 Å². The van der Waals surface area contributed by atoms with Gasteiger partial charge in [-0.2, -0.15) is 0 Å². The Kier molecular flexibility index (Phi) is 10.6. The minimum Gasteiger partial charge on any atom is -0.469 e. The number of ether oxygens (including phenoxy) is 2. The van der Waals surface area contributed by atoms with E-state index in [-0.39, 0.29) is 36.1 Å². The molecule has 172 valence electrons. The van der Waals surface area contributed by atoms with Gasteiger partial charge in [-0.15, -0.1) is 35.3 Å². The number of furan rings is 1. The van der Waals surface area contributed by atoms with Crippen LogP contribution in [0.3, 0.4) is 0 Å². The summed E-state index contributed by atoms with van der Waals surface area (Å²) in [6.45, 7) is 6.60. The first-order valence-corrected chi connectivity index (χ1v) is 11.8. The molecule has 2 unspecified atom stereocenters. The van der Waals surface area contributed by atoms with E-state index in [1.165, 1.54) is 4.88 Å². The Morgan fingerprint density at radius 2 is 2.10 bits per heavy atom. The summed E-state index contributed by atoms with van der Waals surface area (Å²) in [5.74, 6) is 1.82. The van der Waals surface area contributed by atoms with Gasteiger partial charge in [0.1, 0.15) is 5.76 Å². The van der Waals surface area contributed by atoms with E-state index in [2.05, 4.69) is 33.0 Å². The molecule has 4 heterocycles. The van der Waals surface area contributed by atoms with Crippen molar-refractivity contribution in [3.05, 3.63) is 46.5 Å². The van der Waals surface area contributed by atoms with E-state index in [4.69, 9.17) is 18.9 Å². The van der Waals surface area contributed by atoms with Crippen molar-refractivity contribution in [2.45, 2.75) is 31.4 Å². The molecule has 7 nitrogen and oxygen atoms in total. The normalized spacial score (nSPS) is 20.9. The van der Waals surface area contributed by atoms with Crippen molar-refractivity contribution in [3.63, 3.8) is 0 Å². The standard InChI is InChI=1S/C22H32N4O3S.HI/c1-4-18(28-11-1)7-8-23-22(24-16-19-5-2-12-29-19)25-17-20(21-6-3-15-30-21)26-9-13-27-14-10-26;/h1,3-4,6,11,15,19-20H,2,5,7-10,12-14,16-17H2,(H2,23,24,25);1H. The fourth-order valence-electron chi connectivity index (χ4n) is 3.88. The van der Waals surface area contributed by atoms with Crippen molar-refractivity contribution in [2.24, 2.45) is 4.99 Å². The highest BCUT2D eigenvalue weighted by molar-refractivity contribution is 14.0. The van der Waals surface area contributed by atoms with Gasteiger partial charge in [0.25, 0.3) is 0 Å². The maximum atomic E-state index is 5.77. The number of rotatable bonds is 9. The van der Waals surface area contributed by atoms with E-state index in [9.17, 15) is 0 Å². The average Bonchev–Trinajstić information content (AvgIpc) is 3.56. The Hall–Kier alpha value is -1.14. The predicted molar refractivity (Wildman–Crippen MR) is 135 cm³/mol. The van der Waals surface area contributed by atoms with Gasteiger partial charge in [0.15, 0.2) is 5.96 Å². The van der Waals surface area contributed by atoms with Gasteiger partial charge in [-0.3, -0.25) is 9.89 Å². The minimum absolute atomic E-state index is 0. The second-order valence-electron chi connectivity index (χ2n) is 7.64. The van der Waals surface area contributed by atoms with Crippen molar-refractivity contribution in [3.8, 4) is 0 Å². The average molecular weight is 561 g/mol. The zero-order valence-corrected chi connectivity index (χ0v) is 21.0. The van der Waals surface area contributed by atoms with Gasteiger partial charge >= 0.3 is 0 Å². The van der Waals surface area contributed by atoms with E-state index >= 15 is 0 Å². The molecule has 2 N–H and O–H groups in total. The lowest BCUT2D eigenvalue weighted by Crippen LogP contribution is -2.43. The van der Waals surface area contributed by atoms with Crippen molar-refractivity contribution in [1.29, 1.82) is 0 Å². The molecule has 4 rings (SSSR count). The molecular formula is C22H33IN4O3S. The van der Waals surface area contributed by atoms with Crippen LogP contribution in [0.15, 0.2) is 45.3 Å². The summed E-state index contributed by atoms with van der Waals surface area (Å²) < 4.78 is 16.8. The highest BCUT2D eigenvalue weighted by atomic mass is 127. The number of nitrogens with one attached hydrogen (secondary N) is 2. The predicted octanol–water partition coefficient (Wildman–Crippen LogP) is 3.29. The Morgan fingerprint density at radius 1 is 1.19 bits per heavy atom. The summed E-state index contributed by atoms with van der Waals surface area (Å²) >= 11 is 1.80. The molecule has 0 bridgehead atoms. The van der Waals surface area contributed by atoms with Crippen LogP contribution in [0.2, 0.25) is 0 Å². The zero-order chi connectivity index (χ0) is 20.4. The second kappa shape index (κ2) is 13.4. The highest BCUT2D eigenvalue weighted by Crippen LogP contribution is 2.26. The fourth-order valence-corrected chi connectivity index (χ4v) is 4.73. The molecule has 2 aliphatic heterocycles. The summed E-state index contributed by atoms with van der Waals surface area (Å²) in [4.78, 5) is 8.81. The second-order valence-corrected chi connectivity index (χ2v) is 8.62. The Bertz CT molecular complexity index is 745. The third-order valence-corrected chi connectivity index (χ3v) is 6.52. The van der Waals surface area contributed by atoms with Gasteiger partial charge < -0.3 is 24.5 Å². The molecule has 9 heteroatoms. The molecule has 0 spiro atoms. The number of guanidine groups is 1. The van der Waals surface area contributed by atoms with Crippen LogP contribution in [-0.4, -0.2) is 69.5 Å². The molecule has 2 aromatic rings. The lowest BCUT2D eigenvalue weighted by Gasteiger charge is -2.33. The number of nitrogens with zero attached hydrogens (tertiary/aromatic N) is 2. The van der Waals surface area contributed by atoms with Crippen LogP contribution in [-0.2, 0) is 15.9 Å². The van der Waals surface area contributed by atoms with E-state index in [1.54, 1.807) is 17.6 Å². The van der Waals surface area contributed by atoms with Gasteiger partial charge in [-0.1, -0.05) is 6.07 Å². The molecular weight excluding hydrogens is 527 g/mol. The molecule has 0 aromatic carbocycles. The van der Waals surface area contributed by atoms with Crippen LogP contribution >= 0.6 is 35.3 Å². The van der Waals surface area contributed by atoms with Crippen LogP contribution in [0.1, 0.15) is 29.5 Å². The summed E-state index contributed by atoms with van der Waals surface area (Å²) in [7, 11) is 0. The third kappa shape index (κ3) is 7.74. The fraction of sp³-hybridized carbons (Fsp3) is 0.591. The van der Waals surface area contributed by atoms with E-state index in [0.29, 0.717) is 6.54 Å². The molecule has 0 saturated carbocycles. The first-order chi connectivity index (χ1) is 14.9. The smallest absolute Gasteiger partial charge is 0.191 e. The van der Waals surface area contributed by atoms with Gasteiger partial charge in [-0.05, 0) is 36.4 Å². The summed E-state index contributed by atoms with van der Waals surface area (Å²) in [5, 5.41) is 9.10. The van der Waals surface area contributed by atoms with Crippen molar-refractivity contribution < 1.29 is 13.9 Å². The maximum absolute atomic E-state index is 5.77. The molecule has 2 fully saturated rings. The first-order valence-electron chi connectivity index (χ1n) is 10.9. The van der Waals surface area contributed by atoms with Crippen LogP contribution < -0.4 is 10.6 Å². The van der Waals surface area contributed by atoms with Crippen molar-refractivity contribution in [2.75, 3.05) is 52.5 Å². The first kappa shape index (κ1) is 24.5. The summed E-state index contributed by atoms with van der Waals surface area (Å²) in [6.07, 6.45) is 5.06. The third-order valence-electron chi connectivity index (χ3n) is 5.55. The highest BCUT2D eigenvalue weighted by Gasteiger charge is 2.23. The molecule has 0 radical (unpaired) electrons. The molecule has 2 atom stereocenters. The van der Waals surface area contributed by atoms with Crippen molar-refractivity contribution in [1.82, 2.24) is 15.5 Å². The van der Waals surface area contributed by atoms with Crippen LogP contribution in [0.25, 0.3) is 0 Å². The van der Waals surface area contributed by atoms with Gasteiger partial charge in [-0.25, -0.2) is 0 Å². The summed E-state index contributed by atoms with van der Waals surface area (Å²) in [6, 6.07) is 8.54. The number of halogens is 1. The number of morpholine rings is 1. The van der Waals surface area contributed by atoms with E-state index in [1.807, 2.05) is 12.1 Å². The van der Waals surface area contributed by atoms with E-state index < -0.39 is 0 Å². The minimum atomic E-state index is 0. The molecule has 0 amide bonds. The van der Waals surface area contributed by atoms with Gasteiger partial charge in [0.2, 0.25) is 0 Å². The Balaban J connectivity index is 0.00000272. The Morgan fingerprint density at radius 3 is 2.81 bits per heavy atom. The number of thiophene rings is 1. The Labute approximate surface area is 205 Å². The van der Waals surface area contributed by atoms with Crippen LogP contribution in [0.5, 0.6) is 0 Å². The maximum Gasteiger partial charge on any atom is 0.191 e.